The fourth-order valence-electron chi connectivity index (χ4n) is 4.60. The number of rotatable bonds is 3. The van der Waals surface area contributed by atoms with Crippen LogP contribution in [0.25, 0.3) is 0 Å². The van der Waals surface area contributed by atoms with Crippen molar-refractivity contribution in [2.45, 2.75) is 19.5 Å². The number of hydrogen-bond acceptors (Lipinski definition) is 3. The molecule has 2 saturated heterocycles. The summed E-state index contributed by atoms with van der Waals surface area (Å²) in [5.74, 6) is -0.184. The minimum Gasteiger partial charge on any atom is -0.337 e. The highest BCUT2D eigenvalue weighted by atomic mass is 19.1. The summed E-state index contributed by atoms with van der Waals surface area (Å²) >= 11 is 0. The molecular formula is C21H26FN5O2. The third-order valence-corrected chi connectivity index (χ3v) is 5.95. The maximum absolute atomic E-state index is 13.9. The molecule has 0 radical (unpaired) electrons. The fraction of sp³-hybridized carbons (Fsp3) is 0.476. The van der Waals surface area contributed by atoms with Gasteiger partial charge in [0.15, 0.2) is 0 Å². The predicted octanol–water partition coefficient (Wildman–Crippen LogP) is 2.47. The van der Waals surface area contributed by atoms with E-state index in [2.05, 4.69) is 5.10 Å². The lowest BCUT2D eigenvalue weighted by Gasteiger charge is -2.31. The molecule has 7 nitrogen and oxygen atoms in total. The van der Waals surface area contributed by atoms with E-state index in [0.29, 0.717) is 31.9 Å². The van der Waals surface area contributed by atoms with Crippen LogP contribution < -0.4 is 0 Å². The average molecular weight is 399 g/mol. The number of carbonyl (C=O) groups excluding carboxylic acids is 2. The zero-order chi connectivity index (χ0) is 20.7. The number of carbonyl (C=O) groups is 2. The van der Waals surface area contributed by atoms with Gasteiger partial charge in [0.05, 0.1) is 6.04 Å². The standard InChI is InChI=1S/C21H26FN5O2/c1-4-26-9-8-18(23-26)20(28)25-11-15-12-27(21(29)24(2)3)19(17(15)13-25)14-6-5-7-16(22)10-14/h5-10,15,17,19H,4,11-13H2,1-3H3/t15-,17-,19-/m1/s1. The highest BCUT2D eigenvalue weighted by Crippen LogP contribution is 2.45. The minimum atomic E-state index is -0.320. The van der Waals surface area contributed by atoms with Gasteiger partial charge in [0, 0.05) is 58.3 Å². The number of aromatic nitrogens is 2. The first kappa shape index (κ1) is 19.4. The molecule has 2 aromatic rings. The van der Waals surface area contributed by atoms with Crippen LogP contribution >= 0.6 is 0 Å². The number of halogens is 1. The number of aryl methyl sites for hydroxylation is 1. The maximum atomic E-state index is 13.9. The number of benzene rings is 1. The lowest BCUT2D eigenvalue weighted by atomic mass is 9.89. The molecule has 0 bridgehead atoms. The third kappa shape index (κ3) is 3.47. The summed E-state index contributed by atoms with van der Waals surface area (Å²) < 4.78 is 15.7. The molecule has 0 saturated carbocycles. The smallest absolute Gasteiger partial charge is 0.320 e. The van der Waals surface area contributed by atoms with Crippen molar-refractivity contribution in [3.05, 3.63) is 53.6 Å². The Balaban J connectivity index is 1.60. The van der Waals surface area contributed by atoms with E-state index in [1.807, 2.05) is 22.8 Å². The first-order valence-corrected chi connectivity index (χ1v) is 9.95. The Morgan fingerprint density at radius 1 is 1.21 bits per heavy atom. The van der Waals surface area contributed by atoms with Gasteiger partial charge >= 0.3 is 6.03 Å². The van der Waals surface area contributed by atoms with Gasteiger partial charge in [-0.2, -0.15) is 5.10 Å². The Morgan fingerprint density at radius 3 is 2.66 bits per heavy atom. The average Bonchev–Trinajstić information content (AvgIpc) is 3.40. The molecule has 3 atom stereocenters. The molecule has 1 aromatic carbocycles. The Morgan fingerprint density at radius 2 is 2.00 bits per heavy atom. The van der Waals surface area contributed by atoms with Crippen molar-refractivity contribution in [2.75, 3.05) is 33.7 Å². The number of fused-ring (bicyclic) bond motifs is 1. The van der Waals surface area contributed by atoms with Crippen molar-refractivity contribution in [1.82, 2.24) is 24.5 Å². The lowest BCUT2D eigenvalue weighted by molar-refractivity contribution is 0.0759. The Hall–Kier alpha value is -2.90. The minimum absolute atomic E-state index is 0.0675. The van der Waals surface area contributed by atoms with Gasteiger partial charge in [0.2, 0.25) is 0 Å². The molecule has 154 valence electrons. The number of nitrogens with zero attached hydrogens (tertiary/aromatic N) is 5. The van der Waals surface area contributed by atoms with Crippen LogP contribution in [-0.2, 0) is 6.54 Å². The van der Waals surface area contributed by atoms with Gasteiger partial charge in [-0.25, -0.2) is 9.18 Å². The van der Waals surface area contributed by atoms with Crippen LogP contribution in [0.5, 0.6) is 0 Å². The van der Waals surface area contributed by atoms with Crippen molar-refractivity contribution in [3.8, 4) is 0 Å². The molecule has 3 amide bonds. The summed E-state index contributed by atoms with van der Waals surface area (Å²) in [6, 6.07) is 7.83. The van der Waals surface area contributed by atoms with Crippen LogP contribution in [0.4, 0.5) is 9.18 Å². The van der Waals surface area contributed by atoms with Crippen LogP contribution in [0, 0.1) is 17.7 Å². The molecule has 29 heavy (non-hydrogen) atoms. The second kappa shape index (κ2) is 7.50. The number of urea groups is 1. The van der Waals surface area contributed by atoms with Crippen LogP contribution in [0.2, 0.25) is 0 Å². The molecule has 3 heterocycles. The monoisotopic (exact) mass is 399 g/mol. The van der Waals surface area contributed by atoms with Crippen molar-refractivity contribution in [1.29, 1.82) is 0 Å². The fourth-order valence-corrected chi connectivity index (χ4v) is 4.60. The first-order chi connectivity index (χ1) is 13.9. The Labute approximate surface area is 169 Å². The topological polar surface area (TPSA) is 61.7 Å². The van der Waals surface area contributed by atoms with E-state index in [1.54, 1.807) is 42.0 Å². The first-order valence-electron chi connectivity index (χ1n) is 9.95. The second-order valence-electron chi connectivity index (χ2n) is 8.02. The van der Waals surface area contributed by atoms with E-state index < -0.39 is 0 Å². The third-order valence-electron chi connectivity index (χ3n) is 5.95. The molecular weight excluding hydrogens is 373 g/mol. The van der Waals surface area contributed by atoms with Crippen molar-refractivity contribution >= 4 is 11.9 Å². The van der Waals surface area contributed by atoms with Gasteiger partial charge in [0.25, 0.3) is 5.91 Å². The highest BCUT2D eigenvalue weighted by molar-refractivity contribution is 5.92. The largest absolute Gasteiger partial charge is 0.337 e. The molecule has 8 heteroatoms. The summed E-state index contributed by atoms with van der Waals surface area (Å²) in [6.45, 7) is 4.34. The second-order valence-corrected chi connectivity index (χ2v) is 8.02. The normalized spacial score (nSPS) is 23.4. The van der Waals surface area contributed by atoms with E-state index in [-0.39, 0.29) is 35.6 Å². The zero-order valence-corrected chi connectivity index (χ0v) is 17.0. The summed E-state index contributed by atoms with van der Waals surface area (Å²) in [5, 5.41) is 4.33. The van der Waals surface area contributed by atoms with E-state index in [0.717, 1.165) is 5.56 Å². The van der Waals surface area contributed by atoms with Gasteiger partial charge in [0.1, 0.15) is 11.5 Å². The van der Waals surface area contributed by atoms with Gasteiger partial charge in [-0.3, -0.25) is 9.48 Å². The predicted molar refractivity (Wildman–Crippen MR) is 106 cm³/mol. The summed E-state index contributed by atoms with van der Waals surface area (Å²) in [7, 11) is 3.44. The highest BCUT2D eigenvalue weighted by Gasteiger charge is 2.50. The van der Waals surface area contributed by atoms with Gasteiger partial charge in [-0.05, 0) is 30.7 Å². The summed E-state index contributed by atoms with van der Waals surface area (Å²) in [4.78, 5) is 30.9. The molecule has 0 spiro atoms. The van der Waals surface area contributed by atoms with E-state index >= 15 is 0 Å². The summed E-state index contributed by atoms with van der Waals surface area (Å²) in [6.07, 6.45) is 1.80. The molecule has 0 N–H and O–H groups in total. The van der Waals surface area contributed by atoms with E-state index in [9.17, 15) is 14.0 Å². The van der Waals surface area contributed by atoms with Crippen LogP contribution in [0.3, 0.4) is 0 Å². The van der Waals surface area contributed by atoms with Crippen LogP contribution in [0.15, 0.2) is 36.5 Å². The number of hydrogen-bond donors (Lipinski definition) is 0. The maximum Gasteiger partial charge on any atom is 0.320 e. The Bertz CT molecular complexity index is 927. The van der Waals surface area contributed by atoms with Crippen molar-refractivity contribution < 1.29 is 14.0 Å². The van der Waals surface area contributed by atoms with Crippen molar-refractivity contribution in [2.24, 2.45) is 11.8 Å². The van der Waals surface area contributed by atoms with Crippen molar-refractivity contribution in [3.63, 3.8) is 0 Å². The quantitative estimate of drug-likeness (QED) is 0.797. The number of likely N-dealkylation sites (tertiary alicyclic amines) is 2. The molecule has 0 unspecified atom stereocenters. The number of amides is 3. The lowest BCUT2D eigenvalue weighted by Crippen LogP contribution is -2.42. The molecule has 2 aliphatic rings. The van der Waals surface area contributed by atoms with Gasteiger partial charge in [-0.1, -0.05) is 12.1 Å². The van der Waals surface area contributed by atoms with Gasteiger partial charge in [-0.15, -0.1) is 0 Å². The van der Waals surface area contributed by atoms with Crippen LogP contribution in [0.1, 0.15) is 29.0 Å². The van der Waals surface area contributed by atoms with E-state index in [1.165, 1.54) is 12.1 Å². The van der Waals surface area contributed by atoms with Gasteiger partial charge < -0.3 is 14.7 Å². The SMILES string of the molecule is CCn1ccc(C(=O)N2C[C@@H]3CN(C(=O)N(C)C)[C@H](c4cccc(F)c4)[C@@H]3C2)n1. The molecule has 1 aromatic heterocycles. The molecule has 4 rings (SSSR count). The van der Waals surface area contributed by atoms with E-state index in [4.69, 9.17) is 0 Å². The summed E-state index contributed by atoms with van der Waals surface area (Å²) in [5.41, 5.74) is 1.22. The molecule has 2 aliphatic heterocycles. The molecule has 0 aliphatic carbocycles. The van der Waals surface area contributed by atoms with Crippen LogP contribution in [-0.4, -0.2) is 70.1 Å². The molecule has 2 fully saturated rings. The zero-order valence-electron chi connectivity index (χ0n) is 17.0. The Kier molecular flexibility index (Phi) is 5.02.